The zero-order valence-corrected chi connectivity index (χ0v) is 18.5. The summed E-state index contributed by atoms with van der Waals surface area (Å²) in [7, 11) is 0. The van der Waals surface area contributed by atoms with Gasteiger partial charge in [-0.25, -0.2) is 5.43 Å². The van der Waals surface area contributed by atoms with Gasteiger partial charge in [0.25, 0.3) is 5.91 Å². The fraction of sp³-hybridized carbons (Fsp3) is 0.0400. The molecule has 0 saturated heterocycles. The Bertz CT molecular complexity index is 1410. The summed E-state index contributed by atoms with van der Waals surface area (Å²) in [5.41, 5.74) is 3.31. The smallest absolute Gasteiger partial charge is 0.506 e. The van der Waals surface area contributed by atoms with E-state index in [1.165, 1.54) is 36.5 Å². The number of amides is 1. The Morgan fingerprint density at radius 2 is 1.63 bits per heavy atom. The van der Waals surface area contributed by atoms with Gasteiger partial charge in [-0.05, 0) is 60.0 Å². The van der Waals surface area contributed by atoms with Gasteiger partial charge in [-0.15, -0.1) is 13.2 Å². The van der Waals surface area contributed by atoms with Gasteiger partial charge in [0.1, 0.15) is 23.0 Å². The normalized spacial score (nSPS) is 11.5. The highest BCUT2D eigenvalue weighted by Gasteiger charge is 2.31. The van der Waals surface area contributed by atoms with Crippen LogP contribution in [-0.2, 0) is 0 Å². The zero-order chi connectivity index (χ0) is 25.0. The quantitative estimate of drug-likeness (QED) is 0.229. The lowest BCUT2D eigenvalue weighted by Crippen LogP contribution is -2.17. The molecule has 6 nitrogen and oxygen atoms in total. The van der Waals surface area contributed by atoms with Crippen molar-refractivity contribution in [3.63, 3.8) is 0 Å². The summed E-state index contributed by atoms with van der Waals surface area (Å²) in [5, 5.41) is 15.0. The molecule has 10 heteroatoms. The third kappa shape index (κ3) is 6.01. The molecule has 0 aliphatic heterocycles. The Balaban J connectivity index is 1.51. The van der Waals surface area contributed by atoms with Gasteiger partial charge in [0.2, 0.25) is 0 Å². The van der Waals surface area contributed by atoms with Gasteiger partial charge in [-0.3, -0.25) is 4.79 Å². The minimum Gasteiger partial charge on any atom is -0.506 e. The molecular weight excluding hydrogens is 485 g/mol. The van der Waals surface area contributed by atoms with Crippen LogP contribution in [0, 0.1) is 0 Å². The SMILES string of the molecule is O=C(N/N=C/c1ccc(Oc2ccc(OC(F)(F)F)cc2)c2ccccc12)c1ccc(O)c(Cl)c1. The summed E-state index contributed by atoms with van der Waals surface area (Å²) in [6.45, 7) is 0. The molecule has 0 radical (unpaired) electrons. The second-order valence-electron chi connectivity index (χ2n) is 7.19. The first-order chi connectivity index (χ1) is 16.7. The van der Waals surface area contributed by atoms with E-state index in [0.29, 0.717) is 17.1 Å². The molecule has 35 heavy (non-hydrogen) atoms. The van der Waals surface area contributed by atoms with Crippen molar-refractivity contribution in [3.8, 4) is 23.0 Å². The maximum Gasteiger partial charge on any atom is 0.573 e. The molecule has 0 aliphatic rings. The lowest BCUT2D eigenvalue weighted by Gasteiger charge is -2.12. The molecule has 0 aromatic heterocycles. The van der Waals surface area contributed by atoms with E-state index in [1.807, 2.05) is 24.3 Å². The molecule has 4 rings (SSSR count). The average Bonchev–Trinajstić information content (AvgIpc) is 2.82. The molecule has 0 heterocycles. The number of fused-ring (bicyclic) bond motifs is 1. The van der Waals surface area contributed by atoms with Crippen molar-refractivity contribution in [1.29, 1.82) is 0 Å². The summed E-state index contributed by atoms with van der Waals surface area (Å²) in [6, 6.07) is 19.8. The van der Waals surface area contributed by atoms with E-state index in [2.05, 4.69) is 15.3 Å². The Hall–Kier alpha value is -4.24. The number of rotatable bonds is 6. The number of aromatic hydroxyl groups is 1. The number of phenols is 1. The predicted molar refractivity (Wildman–Crippen MR) is 125 cm³/mol. The van der Waals surface area contributed by atoms with Crippen molar-refractivity contribution < 1.29 is 32.5 Å². The van der Waals surface area contributed by atoms with Crippen LogP contribution in [0.4, 0.5) is 13.2 Å². The van der Waals surface area contributed by atoms with Crippen molar-refractivity contribution in [2.75, 3.05) is 0 Å². The van der Waals surface area contributed by atoms with E-state index >= 15 is 0 Å². The molecule has 4 aromatic carbocycles. The Kier molecular flexibility index (Phi) is 6.79. The highest BCUT2D eigenvalue weighted by atomic mass is 35.5. The molecule has 0 unspecified atom stereocenters. The predicted octanol–water partition coefficient (Wildman–Crippen LogP) is 6.65. The molecule has 0 atom stereocenters. The van der Waals surface area contributed by atoms with E-state index in [1.54, 1.807) is 12.1 Å². The first-order valence-electron chi connectivity index (χ1n) is 10.1. The van der Waals surface area contributed by atoms with Crippen LogP contribution in [0.2, 0.25) is 5.02 Å². The van der Waals surface area contributed by atoms with Gasteiger partial charge in [0, 0.05) is 16.5 Å². The van der Waals surface area contributed by atoms with E-state index in [0.717, 1.165) is 22.9 Å². The lowest BCUT2D eigenvalue weighted by molar-refractivity contribution is -0.274. The van der Waals surface area contributed by atoms with Gasteiger partial charge in [0.15, 0.2) is 0 Å². The van der Waals surface area contributed by atoms with Crippen molar-refractivity contribution >= 4 is 34.5 Å². The minimum atomic E-state index is -4.77. The van der Waals surface area contributed by atoms with E-state index in [4.69, 9.17) is 16.3 Å². The highest BCUT2D eigenvalue weighted by Crippen LogP contribution is 2.33. The number of phenolic OH excluding ortho intramolecular Hbond substituents is 1. The summed E-state index contributed by atoms with van der Waals surface area (Å²) in [6.07, 6.45) is -3.30. The molecule has 0 spiro atoms. The second kappa shape index (κ2) is 9.94. The number of alkyl halides is 3. The maximum absolute atomic E-state index is 12.3. The Labute approximate surface area is 202 Å². The molecule has 1 amide bonds. The maximum atomic E-state index is 12.3. The highest BCUT2D eigenvalue weighted by molar-refractivity contribution is 6.32. The van der Waals surface area contributed by atoms with Gasteiger partial charge in [0.05, 0.1) is 11.2 Å². The van der Waals surface area contributed by atoms with Crippen molar-refractivity contribution in [2.45, 2.75) is 6.36 Å². The molecule has 0 saturated carbocycles. The number of nitrogens with one attached hydrogen (secondary N) is 1. The molecule has 0 bridgehead atoms. The van der Waals surface area contributed by atoms with Crippen LogP contribution in [0.15, 0.2) is 84.0 Å². The molecule has 178 valence electrons. The number of hydrogen-bond acceptors (Lipinski definition) is 5. The summed E-state index contributed by atoms with van der Waals surface area (Å²) >= 11 is 5.83. The van der Waals surface area contributed by atoms with Crippen LogP contribution in [0.3, 0.4) is 0 Å². The number of halogens is 4. The number of benzene rings is 4. The number of hydrogen-bond donors (Lipinski definition) is 2. The molecule has 2 N–H and O–H groups in total. The Morgan fingerprint density at radius 1 is 0.943 bits per heavy atom. The first-order valence-corrected chi connectivity index (χ1v) is 10.4. The van der Waals surface area contributed by atoms with Crippen LogP contribution in [0.5, 0.6) is 23.0 Å². The number of carbonyl (C=O) groups is 1. The number of ether oxygens (including phenoxy) is 2. The number of carbonyl (C=O) groups excluding carboxylic acids is 1. The molecule has 4 aromatic rings. The Morgan fingerprint density at radius 3 is 2.31 bits per heavy atom. The minimum absolute atomic E-state index is 0.0470. The van der Waals surface area contributed by atoms with Gasteiger partial charge in [-0.1, -0.05) is 35.9 Å². The van der Waals surface area contributed by atoms with Crippen LogP contribution in [0.25, 0.3) is 10.8 Å². The summed E-state index contributed by atoms with van der Waals surface area (Å²) < 4.78 is 46.8. The van der Waals surface area contributed by atoms with Crippen LogP contribution < -0.4 is 14.9 Å². The fourth-order valence-electron chi connectivity index (χ4n) is 3.21. The molecular formula is C25H16ClF3N2O4. The summed E-state index contributed by atoms with van der Waals surface area (Å²) in [5.74, 6) is -0.190. The average molecular weight is 501 g/mol. The van der Waals surface area contributed by atoms with E-state index < -0.39 is 12.3 Å². The van der Waals surface area contributed by atoms with Crippen molar-refractivity contribution in [2.24, 2.45) is 5.10 Å². The topological polar surface area (TPSA) is 80.2 Å². The van der Waals surface area contributed by atoms with E-state index in [9.17, 15) is 23.1 Å². The van der Waals surface area contributed by atoms with Gasteiger partial charge < -0.3 is 14.6 Å². The third-order valence-electron chi connectivity index (χ3n) is 4.78. The largest absolute Gasteiger partial charge is 0.573 e. The van der Waals surface area contributed by atoms with Gasteiger partial charge in [-0.2, -0.15) is 5.10 Å². The fourth-order valence-corrected chi connectivity index (χ4v) is 3.39. The van der Waals surface area contributed by atoms with Crippen molar-refractivity contribution in [1.82, 2.24) is 5.43 Å². The number of hydrazone groups is 1. The second-order valence-corrected chi connectivity index (χ2v) is 7.59. The summed E-state index contributed by atoms with van der Waals surface area (Å²) in [4.78, 5) is 12.3. The first kappa shape index (κ1) is 23.9. The third-order valence-corrected chi connectivity index (χ3v) is 5.09. The van der Waals surface area contributed by atoms with Crippen molar-refractivity contribution in [3.05, 3.63) is 95.0 Å². The molecule has 0 fully saturated rings. The number of nitrogens with zero attached hydrogens (tertiary/aromatic N) is 1. The van der Waals surface area contributed by atoms with Crippen LogP contribution >= 0.6 is 11.6 Å². The zero-order valence-electron chi connectivity index (χ0n) is 17.7. The lowest BCUT2D eigenvalue weighted by atomic mass is 10.0. The monoisotopic (exact) mass is 500 g/mol. The van der Waals surface area contributed by atoms with Gasteiger partial charge >= 0.3 is 6.36 Å². The van der Waals surface area contributed by atoms with Crippen LogP contribution in [0.1, 0.15) is 15.9 Å². The standard InChI is InChI=1S/C25H16ClF3N2O4/c26-21-13-15(5-11-22(21)32)24(33)31-30-14-16-6-12-23(20-4-2-1-3-19(16)20)34-17-7-9-18(10-8-17)35-25(27,28)29/h1-14,32H,(H,31,33)/b30-14+. The van der Waals surface area contributed by atoms with E-state index in [-0.39, 0.29) is 22.1 Å². The van der Waals surface area contributed by atoms with Crippen LogP contribution in [-0.4, -0.2) is 23.6 Å². The molecule has 0 aliphatic carbocycles.